The molecule has 4 rings (SSSR count). The maximum absolute atomic E-state index is 9.25. The second kappa shape index (κ2) is 8.84. The Morgan fingerprint density at radius 1 is 1.19 bits per heavy atom. The molecule has 31 heavy (non-hydrogen) atoms. The van der Waals surface area contributed by atoms with Crippen LogP contribution in [0, 0.1) is 11.3 Å². The van der Waals surface area contributed by atoms with Gasteiger partial charge in [-0.05, 0) is 36.8 Å². The van der Waals surface area contributed by atoms with Crippen LogP contribution in [-0.4, -0.2) is 35.1 Å². The smallest absolute Gasteiger partial charge is 0.158 e. The summed E-state index contributed by atoms with van der Waals surface area (Å²) >= 11 is 0. The molecule has 0 saturated carbocycles. The van der Waals surface area contributed by atoms with Crippen molar-refractivity contribution in [2.45, 2.75) is 19.8 Å². The fraction of sp³-hybridized carbons (Fsp3) is 0.250. The van der Waals surface area contributed by atoms with Crippen LogP contribution in [0.5, 0.6) is 0 Å². The van der Waals surface area contributed by atoms with Gasteiger partial charge in [0, 0.05) is 38.3 Å². The molecule has 1 N–H and O–H groups in total. The summed E-state index contributed by atoms with van der Waals surface area (Å²) in [6.07, 6.45) is 3.49. The standard InChI is InChI=1S/C24H25N7/c1-4-22-26-12-11-23(29-22)27-17(2)31-14-6-13-30(3)21-10-9-20(28-24(21)31)19-8-5-7-18(15-19)16-25/h5,7-12,15H,2,4,6,13-14H2,1,3H3,(H,26,27,29). The highest BCUT2D eigenvalue weighted by Crippen LogP contribution is 2.34. The number of hydrogen-bond donors (Lipinski definition) is 1. The fourth-order valence-electron chi connectivity index (χ4n) is 3.66. The number of fused-ring (bicyclic) bond motifs is 1. The number of aromatic nitrogens is 3. The third kappa shape index (κ3) is 4.33. The molecule has 1 aliphatic rings. The quantitative estimate of drug-likeness (QED) is 0.674. The molecule has 3 aromatic rings. The van der Waals surface area contributed by atoms with E-state index in [9.17, 15) is 5.26 Å². The molecule has 0 unspecified atom stereocenters. The van der Waals surface area contributed by atoms with Crippen molar-refractivity contribution < 1.29 is 0 Å². The van der Waals surface area contributed by atoms with Gasteiger partial charge in [-0.1, -0.05) is 25.6 Å². The summed E-state index contributed by atoms with van der Waals surface area (Å²) in [6, 6.07) is 15.6. The predicted molar refractivity (Wildman–Crippen MR) is 124 cm³/mol. The Labute approximate surface area is 182 Å². The van der Waals surface area contributed by atoms with Crippen molar-refractivity contribution in [3.05, 3.63) is 72.4 Å². The number of aryl methyl sites for hydroxylation is 1. The second-order valence-corrected chi connectivity index (χ2v) is 7.44. The third-order valence-electron chi connectivity index (χ3n) is 5.30. The van der Waals surface area contributed by atoms with Crippen molar-refractivity contribution >= 4 is 17.3 Å². The first-order valence-corrected chi connectivity index (χ1v) is 10.4. The zero-order valence-electron chi connectivity index (χ0n) is 17.8. The van der Waals surface area contributed by atoms with Crippen LogP contribution < -0.4 is 15.1 Å². The summed E-state index contributed by atoms with van der Waals surface area (Å²) in [7, 11) is 2.08. The zero-order valence-corrected chi connectivity index (χ0v) is 17.8. The summed E-state index contributed by atoms with van der Waals surface area (Å²) in [4.78, 5) is 18.1. The zero-order chi connectivity index (χ0) is 21.8. The number of hydrogen-bond acceptors (Lipinski definition) is 7. The maximum Gasteiger partial charge on any atom is 0.158 e. The molecule has 0 spiro atoms. The summed E-state index contributed by atoms with van der Waals surface area (Å²) < 4.78 is 0. The molecule has 2 aromatic heterocycles. The molecule has 0 saturated heterocycles. The van der Waals surface area contributed by atoms with E-state index in [1.54, 1.807) is 12.3 Å². The summed E-state index contributed by atoms with van der Waals surface area (Å²) in [5, 5.41) is 12.6. The molecule has 7 nitrogen and oxygen atoms in total. The van der Waals surface area contributed by atoms with E-state index < -0.39 is 0 Å². The van der Waals surface area contributed by atoms with E-state index in [-0.39, 0.29) is 0 Å². The van der Waals surface area contributed by atoms with Crippen molar-refractivity contribution in [2.24, 2.45) is 0 Å². The van der Waals surface area contributed by atoms with E-state index in [1.165, 1.54) is 0 Å². The molecule has 0 bridgehead atoms. The summed E-state index contributed by atoms with van der Waals surface area (Å²) in [5.74, 6) is 3.05. The van der Waals surface area contributed by atoms with Crippen LogP contribution in [0.3, 0.4) is 0 Å². The first-order chi connectivity index (χ1) is 15.1. The second-order valence-electron chi connectivity index (χ2n) is 7.44. The minimum absolute atomic E-state index is 0.616. The Bertz CT molecular complexity index is 1150. The molecular weight excluding hydrogens is 386 g/mol. The van der Waals surface area contributed by atoms with Gasteiger partial charge in [-0.3, -0.25) is 0 Å². The molecule has 7 heteroatoms. The first-order valence-electron chi connectivity index (χ1n) is 10.4. The Balaban J connectivity index is 1.70. The highest BCUT2D eigenvalue weighted by Gasteiger charge is 2.23. The Morgan fingerprint density at radius 2 is 2.06 bits per heavy atom. The lowest BCUT2D eigenvalue weighted by molar-refractivity contribution is 0.788. The Kier molecular flexibility index (Phi) is 5.80. The van der Waals surface area contributed by atoms with E-state index in [1.807, 2.05) is 37.3 Å². The number of nitrogens with zero attached hydrogens (tertiary/aromatic N) is 6. The van der Waals surface area contributed by atoms with Crippen molar-refractivity contribution in [2.75, 3.05) is 35.3 Å². The van der Waals surface area contributed by atoms with Gasteiger partial charge in [-0.25, -0.2) is 15.0 Å². The largest absolute Gasteiger partial charge is 0.372 e. The fourth-order valence-corrected chi connectivity index (χ4v) is 3.66. The van der Waals surface area contributed by atoms with Crippen LogP contribution in [0.15, 0.2) is 61.1 Å². The molecule has 0 amide bonds. The van der Waals surface area contributed by atoms with Crippen LogP contribution >= 0.6 is 0 Å². The SMILES string of the molecule is C=C(Nc1ccnc(CC)n1)N1CCCN(C)c2ccc(-c3cccc(C#N)c3)nc21. The van der Waals surface area contributed by atoms with E-state index >= 15 is 0 Å². The van der Waals surface area contributed by atoms with E-state index in [0.717, 1.165) is 54.5 Å². The highest BCUT2D eigenvalue weighted by atomic mass is 15.3. The van der Waals surface area contributed by atoms with Crippen molar-refractivity contribution in [1.82, 2.24) is 15.0 Å². The van der Waals surface area contributed by atoms with Gasteiger partial charge in [0.2, 0.25) is 0 Å². The maximum atomic E-state index is 9.25. The van der Waals surface area contributed by atoms with Crippen LogP contribution in [0.25, 0.3) is 11.3 Å². The molecule has 0 aliphatic carbocycles. The van der Waals surface area contributed by atoms with Gasteiger partial charge in [0.1, 0.15) is 17.5 Å². The summed E-state index contributed by atoms with van der Waals surface area (Å²) in [5.41, 5.74) is 3.39. The van der Waals surface area contributed by atoms with Crippen molar-refractivity contribution in [3.63, 3.8) is 0 Å². The first kappa shape index (κ1) is 20.4. The van der Waals surface area contributed by atoms with Crippen molar-refractivity contribution in [1.29, 1.82) is 5.26 Å². The average Bonchev–Trinajstić information content (AvgIpc) is 2.97. The Hall–Kier alpha value is -3.92. The Morgan fingerprint density at radius 3 is 2.87 bits per heavy atom. The predicted octanol–water partition coefficient (Wildman–Crippen LogP) is 4.20. The average molecular weight is 412 g/mol. The van der Waals surface area contributed by atoms with E-state index in [0.29, 0.717) is 17.2 Å². The molecule has 1 aliphatic heterocycles. The number of anilines is 3. The normalized spacial score (nSPS) is 13.2. The van der Waals surface area contributed by atoms with Gasteiger partial charge in [-0.15, -0.1) is 0 Å². The number of nitriles is 1. The van der Waals surface area contributed by atoms with Crippen LogP contribution in [-0.2, 0) is 6.42 Å². The molecule has 0 fully saturated rings. The third-order valence-corrected chi connectivity index (χ3v) is 5.30. The molecule has 156 valence electrons. The van der Waals surface area contributed by atoms with Gasteiger partial charge in [0.25, 0.3) is 0 Å². The van der Waals surface area contributed by atoms with Crippen LogP contribution in [0.1, 0.15) is 24.7 Å². The lowest BCUT2D eigenvalue weighted by Crippen LogP contribution is -2.28. The van der Waals surface area contributed by atoms with E-state index in [2.05, 4.69) is 50.8 Å². The number of nitrogens with one attached hydrogen (secondary N) is 1. The number of pyridine rings is 1. The van der Waals surface area contributed by atoms with Gasteiger partial charge in [-0.2, -0.15) is 5.26 Å². The number of rotatable bonds is 5. The number of benzene rings is 1. The topological polar surface area (TPSA) is 81.0 Å². The van der Waals surface area contributed by atoms with Gasteiger partial charge >= 0.3 is 0 Å². The molecular formula is C24H25N7. The van der Waals surface area contributed by atoms with E-state index in [4.69, 9.17) is 4.98 Å². The van der Waals surface area contributed by atoms with Gasteiger partial charge in [0.05, 0.1) is 23.0 Å². The minimum Gasteiger partial charge on any atom is -0.372 e. The molecule has 3 heterocycles. The summed E-state index contributed by atoms with van der Waals surface area (Å²) in [6.45, 7) is 8.01. The molecule has 0 radical (unpaired) electrons. The lowest BCUT2D eigenvalue weighted by Gasteiger charge is -2.27. The molecule has 0 atom stereocenters. The van der Waals surface area contributed by atoms with Crippen LogP contribution in [0.2, 0.25) is 0 Å². The lowest BCUT2D eigenvalue weighted by atomic mass is 10.1. The van der Waals surface area contributed by atoms with Crippen molar-refractivity contribution in [3.8, 4) is 17.3 Å². The minimum atomic E-state index is 0.616. The van der Waals surface area contributed by atoms with Gasteiger partial charge in [0.15, 0.2) is 5.82 Å². The van der Waals surface area contributed by atoms with Crippen LogP contribution in [0.4, 0.5) is 17.3 Å². The highest BCUT2D eigenvalue weighted by molar-refractivity contribution is 5.75. The monoisotopic (exact) mass is 411 g/mol. The van der Waals surface area contributed by atoms with Gasteiger partial charge < -0.3 is 15.1 Å². The molecule has 1 aromatic carbocycles.